The molecule has 0 saturated carbocycles. The van der Waals surface area contributed by atoms with Gasteiger partial charge in [0, 0.05) is 17.7 Å². The van der Waals surface area contributed by atoms with Crippen LogP contribution in [0, 0.1) is 5.92 Å². The number of hydrogen-bond acceptors (Lipinski definition) is 3. The summed E-state index contributed by atoms with van der Waals surface area (Å²) in [5, 5.41) is 0. The molecule has 0 atom stereocenters. The monoisotopic (exact) mass is 191 g/mol. The van der Waals surface area contributed by atoms with Gasteiger partial charge in [-0.15, -0.1) is 0 Å². The van der Waals surface area contributed by atoms with Crippen molar-refractivity contribution >= 4 is 5.82 Å². The average molecular weight is 191 g/mol. The Morgan fingerprint density at radius 1 is 1.29 bits per heavy atom. The number of fused-ring (bicyclic) bond motifs is 1. The maximum absolute atomic E-state index is 5.90. The van der Waals surface area contributed by atoms with E-state index in [1.165, 1.54) is 17.7 Å². The lowest BCUT2D eigenvalue weighted by molar-refractivity contribution is 0.618. The normalized spacial score (nSPS) is 14.8. The van der Waals surface area contributed by atoms with E-state index in [0.717, 1.165) is 25.1 Å². The number of aryl methyl sites for hydroxylation is 1. The minimum absolute atomic E-state index is 0.592. The smallest absolute Gasteiger partial charge is 0.131 e. The lowest BCUT2D eigenvalue weighted by atomic mass is 10.1. The lowest BCUT2D eigenvalue weighted by Gasteiger charge is -2.07. The second-order valence-corrected chi connectivity index (χ2v) is 4.40. The summed E-state index contributed by atoms with van der Waals surface area (Å²) in [5.74, 6) is 2.22. The Balaban J connectivity index is 2.32. The molecule has 2 rings (SSSR count). The Kier molecular flexibility index (Phi) is 2.40. The summed E-state index contributed by atoms with van der Waals surface area (Å²) < 4.78 is 0. The first-order valence-electron chi connectivity index (χ1n) is 5.31. The van der Waals surface area contributed by atoms with Gasteiger partial charge in [-0.05, 0) is 25.2 Å². The van der Waals surface area contributed by atoms with E-state index < -0.39 is 0 Å². The van der Waals surface area contributed by atoms with Crippen molar-refractivity contribution in [2.45, 2.75) is 39.5 Å². The van der Waals surface area contributed by atoms with Crippen LogP contribution >= 0.6 is 0 Å². The summed E-state index contributed by atoms with van der Waals surface area (Å²) in [6.45, 7) is 4.35. The summed E-state index contributed by atoms with van der Waals surface area (Å²) in [5.41, 5.74) is 8.28. The molecule has 1 aromatic rings. The highest BCUT2D eigenvalue weighted by atomic mass is 15.0. The van der Waals surface area contributed by atoms with Crippen molar-refractivity contribution in [3.05, 3.63) is 17.1 Å². The lowest BCUT2D eigenvalue weighted by Crippen LogP contribution is -2.07. The van der Waals surface area contributed by atoms with Gasteiger partial charge < -0.3 is 5.73 Å². The van der Waals surface area contributed by atoms with Crippen LogP contribution in [0.3, 0.4) is 0 Å². The maximum Gasteiger partial charge on any atom is 0.131 e. The molecule has 1 aliphatic carbocycles. The molecule has 3 heteroatoms. The molecule has 1 heterocycles. The molecule has 2 N–H and O–H groups in total. The van der Waals surface area contributed by atoms with Crippen LogP contribution in [0.25, 0.3) is 0 Å². The van der Waals surface area contributed by atoms with Gasteiger partial charge in [0.15, 0.2) is 0 Å². The van der Waals surface area contributed by atoms with E-state index in [1.807, 2.05) is 0 Å². The average Bonchev–Trinajstić information content (AvgIpc) is 2.50. The fraction of sp³-hybridized carbons (Fsp3) is 0.636. The van der Waals surface area contributed by atoms with E-state index in [4.69, 9.17) is 5.73 Å². The van der Waals surface area contributed by atoms with Gasteiger partial charge in [-0.2, -0.15) is 0 Å². The van der Waals surface area contributed by atoms with Crippen LogP contribution in [0.15, 0.2) is 0 Å². The first-order chi connectivity index (χ1) is 6.66. The summed E-state index contributed by atoms with van der Waals surface area (Å²) in [6, 6.07) is 0. The fourth-order valence-corrected chi connectivity index (χ4v) is 1.97. The molecule has 1 aliphatic rings. The molecule has 0 amide bonds. The Hall–Kier alpha value is -1.12. The third-order valence-corrected chi connectivity index (χ3v) is 2.60. The van der Waals surface area contributed by atoms with Crippen molar-refractivity contribution in [2.24, 2.45) is 5.92 Å². The van der Waals surface area contributed by atoms with E-state index in [9.17, 15) is 0 Å². The Morgan fingerprint density at radius 2 is 2.07 bits per heavy atom. The molecule has 0 radical (unpaired) electrons. The molecule has 1 aromatic heterocycles. The summed E-state index contributed by atoms with van der Waals surface area (Å²) in [6.07, 6.45) is 4.24. The number of nitrogens with zero attached hydrogens (tertiary/aromatic N) is 2. The van der Waals surface area contributed by atoms with Crippen LogP contribution in [0.5, 0.6) is 0 Å². The van der Waals surface area contributed by atoms with Gasteiger partial charge in [0.2, 0.25) is 0 Å². The van der Waals surface area contributed by atoms with Gasteiger partial charge in [-0.25, -0.2) is 9.97 Å². The predicted octanol–water partition coefficient (Wildman–Crippen LogP) is 1.75. The largest absolute Gasteiger partial charge is 0.383 e. The zero-order valence-corrected chi connectivity index (χ0v) is 8.88. The standard InChI is InChI=1S/C11H17N3/c1-7(2)6-10-13-9-5-3-4-8(9)11(12)14-10/h7H,3-6H2,1-2H3,(H2,12,13,14). The number of anilines is 1. The van der Waals surface area contributed by atoms with Crippen molar-refractivity contribution < 1.29 is 0 Å². The van der Waals surface area contributed by atoms with E-state index in [-0.39, 0.29) is 0 Å². The zero-order valence-electron chi connectivity index (χ0n) is 8.88. The number of rotatable bonds is 2. The molecular formula is C11H17N3. The molecule has 0 bridgehead atoms. The number of hydrogen-bond donors (Lipinski definition) is 1. The van der Waals surface area contributed by atoms with E-state index in [0.29, 0.717) is 11.7 Å². The Labute approximate surface area is 84.8 Å². The Morgan fingerprint density at radius 3 is 2.79 bits per heavy atom. The molecule has 0 aliphatic heterocycles. The van der Waals surface area contributed by atoms with Crippen molar-refractivity contribution in [3.8, 4) is 0 Å². The van der Waals surface area contributed by atoms with Gasteiger partial charge in [-0.1, -0.05) is 13.8 Å². The molecule has 3 nitrogen and oxygen atoms in total. The van der Waals surface area contributed by atoms with Crippen molar-refractivity contribution in [1.82, 2.24) is 9.97 Å². The van der Waals surface area contributed by atoms with Gasteiger partial charge in [0.05, 0.1) is 0 Å². The van der Waals surface area contributed by atoms with Crippen molar-refractivity contribution in [2.75, 3.05) is 5.73 Å². The second kappa shape index (κ2) is 3.56. The summed E-state index contributed by atoms with van der Waals surface area (Å²) in [7, 11) is 0. The molecule has 0 aromatic carbocycles. The highest BCUT2D eigenvalue weighted by Crippen LogP contribution is 2.24. The molecular weight excluding hydrogens is 174 g/mol. The Bertz CT molecular complexity index is 345. The molecule has 0 fully saturated rings. The first-order valence-corrected chi connectivity index (χ1v) is 5.31. The highest BCUT2D eigenvalue weighted by molar-refractivity contribution is 5.44. The van der Waals surface area contributed by atoms with Gasteiger partial charge >= 0.3 is 0 Å². The maximum atomic E-state index is 5.90. The van der Waals surface area contributed by atoms with Crippen LogP contribution in [-0.4, -0.2) is 9.97 Å². The van der Waals surface area contributed by atoms with Crippen molar-refractivity contribution in [1.29, 1.82) is 0 Å². The summed E-state index contributed by atoms with van der Waals surface area (Å²) >= 11 is 0. The molecule has 0 saturated heterocycles. The fourth-order valence-electron chi connectivity index (χ4n) is 1.97. The molecule has 0 unspecified atom stereocenters. The third-order valence-electron chi connectivity index (χ3n) is 2.60. The van der Waals surface area contributed by atoms with Gasteiger partial charge in [-0.3, -0.25) is 0 Å². The van der Waals surface area contributed by atoms with Gasteiger partial charge in [0.25, 0.3) is 0 Å². The van der Waals surface area contributed by atoms with E-state index >= 15 is 0 Å². The SMILES string of the molecule is CC(C)Cc1nc(N)c2c(n1)CCC2. The predicted molar refractivity (Wildman–Crippen MR) is 57.0 cm³/mol. The second-order valence-electron chi connectivity index (χ2n) is 4.40. The van der Waals surface area contributed by atoms with Crippen LogP contribution < -0.4 is 5.73 Å². The van der Waals surface area contributed by atoms with Crippen LogP contribution in [0.2, 0.25) is 0 Å². The summed E-state index contributed by atoms with van der Waals surface area (Å²) in [4.78, 5) is 8.91. The first kappa shape index (κ1) is 9.44. The van der Waals surface area contributed by atoms with Crippen LogP contribution in [-0.2, 0) is 19.3 Å². The third kappa shape index (κ3) is 1.72. The minimum Gasteiger partial charge on any atom is -0.383 e. The van der Waals surface area contributed by atoms with E-state index in [1.54, 1.807) is 0 Å². The zero-order chi connectivity index (χ0) is 10.1. The minimum atomic E-state index is 0.592. The van der Waals surface area contributed by atoms with Crippen LogP contribution in [0.4, 0.5) is 5.82 Å². The number of aromatic nitrogens is 2. The number of nitrogens with two attached hydrogens (primary N) is 1. The molecule has 14 heavy (non-hydrogen) atoms. The quantitative estimate of drug-likeness (QED) is 0.774. The number of nitrogen functional groups attached to an aromatic ring is 1. The molecule has 76 valence electrons. The van der Waals surface area contributed by atoms with Crippen LogP contribution in [0.1, 0.15) is 37.4 Å². The molecule has 0 spiro atoms. The highest BCUT2D eigenvalue weighted by Gasteiger charge is 2.17. The van der Waals surface area contributed by atoms with Gasteiger partial charge in [0.1, 0.15) is 11.6 Å². The topological polar surface area (TPSA) is 51.8 Å². The van der Waals surface area contributed by atoms with Crippen molar-refractivity contribution in [3.63, 3.8) is 0 Å². The van der Waals surface area contributed by atoms with E-state index in [2.05, 4.69) is 23.8 Å².